The van der Waals surface area contributed by atoms with Crippen molar-refractivity contribution in [1.29, 1.82) is 0 Å². The highest BCUT2D eigenvalue weighted by molar-refractivity contribution is 5.93. The van der Waals surface area contributed by atoms with Crippen LogP contribution in [0.2, 0.25) is 0 Å². The van der Waals surface area contributed by atoms with Crippen molar-refractivity contribution in [2.24, 2.45) is 11.7 Å². The number of aliphatic carboxylic acids is 1. The van der Waals surface area contributed by atoms with E-state index in [1.54, 1.807) is 6.20 Å². The van der Waals surface area contributed by atoms with Gasteiger partial charge in [0.1, 0.15) is 12.1 Å². The van der Waals surface area contributed by atoms with E-state index in [4.69, 9.17) is 10.8 Å². The summed E-state index contributed by atoms with van der Waals surface area (Å²) in [7, 11) is 0. The van der Waals surface area contributed by atoms with Gasteiger partial charge in [-0.25, -0.2) is 4.79 Å². The zero-order valence-electron chi connectivity index (χ0n) is 16.5. The first-order valence-electron chi connectivity index (χ1n) is 9.47. The van der Waals surface area contributed by atoms with E-state index >= 15 is 0 Å². The van der Waals surface area contributed by atoms with Crippen LogP contribution in [0.15, 0.2) is 30.5 Å². The fourth-order valence-corrected chi connectivity index (χ4v) is 3.08. The number of aromatic amines is 1. The number of nitrogens with one attached hydrogen (secondary N) is 3. The number of carboxylic acid groups (broad SMARTS) is 1. The highest BCUT2D eigenvalue weighted by atomic mass is 16.4. The van der Waals surface area contributed by atoms with Crippen LogP contribution in [0.1, 0.15) is 25.8 Å². The Labute approximate surface area is 168 Å². The molecule has 1 heterocycles. The van der Waals surface area contributed by atoms with E-state index in [0.29, 0.717) is 6.42 Å². The van der Waals surface area contributed by atoms with Crippen LogP contribution < -0.4 is 16.4 Å². The molecule has 3 unspecified atom stereocenters. The fraction of sp³-hybridized carbons (Fsp3) is 0.450. The van der Waals surface area contributed by atoms with Gasteiger partial charge in [-0.1, -0.05) is 32.0 Å². The number of para-hydroxylation sites is 1. The van der Waals surface area contributed by atoms with Crippen molar-refractivity contribution >= 4 is 28.7 Å². The van der Waals surface area contributed by atoms with Gasteiger partial charge >= 0.3 is 5.97 Å². The van der Waals surface area contributed by atoms with E-state index in [1.807, 2.05) is 38.1 Å². The third-order valence-electron chi connectivity index (χ3n) is 4.59. The molecule has 29 heavy (non-hydrogen) atoms. The number of aliphatic hydroxyl groups is 1. The second-order valence-electron chi connectivity index (χ2n) is 7.44. The van der Waals surface area contributed by atoms with Crippen molar-refractivity contribution in [2.45, 2.75) is 44.8 Å². The molecule has 2 rings (SSSR count). The van der Waals surface area contributed by atoms with Crippen molar-refractivity contribution in [3.8, 4) is 0 Å². The summed E-state index contributed by atoms with van der Waals surface area (Å²) in [6.45, 7) is 3.10. The number of carbonyl (C=O) groups is 3. The lowest BCUT2D eigenvalue weighted by atomic mass is 10.0. The smallest absolute Gasteiger partial charge is 0.328 e. The summed E-state index contributed by atoms with van der Waals surface area (Å²) in [5.41, 5.74) is 7.59. The SMILES string of the molecule is CC(C)CC(N)C(=O)NC(Cc1c[nH]c2ccccc12)C(=O)NC(CO)C(=O)O. The first-order valence-corrected chi connectivity index (χ1v) is 9.47. The van der Waals surface area contributed by atoms with Gasteiger partial charge in [0.05, 0.1) is 12.6 Å². The van der Waals surface area contributed by atoms with Crippen molar-refractivity contribution in [3.05, 3.63) is 36.0 Å². The average molecular weight is 404 g/mol. The first-order chi connectivity index (χ1) is 13.7. The molecule has 7 N–H and O–H groups in total. The molecule has 0 fully saturated rings. The molecule has 0 aliphatic heterocycles. The molecule has 0 bridgehead atoms. The van der Waals surface area contributed by atoms with Crippen molar-refractivity contribution in [2.75, 3.05) is 6.61 Å². The molecule has 3 atom stereocenters. The lowest BCUT2D eigenvalue weighted by Crippen LogP contribution is -2.56. The number of benzene rings is 1. The number of H-pyrrole nitrogens is 1. The molecule has 2 aromatic rings. The number of amides is 2. The zero-order valence-corrected chi connectivity index (χ0v) is 16.5. The third-order valence-corrected chi connectivity index (χ3v) is 4.59. The van der Waals surface area contributed by atoms with Gasteiger partial charge in [-0.05, 0) is 24.0 Å². The molecule has 0 spiro atoms. The molecule has 158 valence electrons. The van der Waals surface area contributed by atoms with Gasteiger partial charge in [0, 0.05) is 23.5 Å². The highest BCUT2D eigenvalue weighted by Gasteiger charge is 2.28. The van der Waals surface area contributed by atoms with E-state index in [9.17, 15) is 19.5 Å². The number of rotatable bonds is 10. The molecule has 1 aromatic carbocycles. The summed E-state index contributed by atoms with van der Waals surface area (Å²) in [6.07, 6.45) is 2.32. The van der Waals surface area contributed by atoms with Gasteiger partial charge in [0.2, 0.25) is 11.8 Å². The first kappa shape index (κ1) is 22.4. The maximum atomic E-state index is 12.7. The van der Waals surface area contributed by atoms with Crippen molar-refractivity contribution < 1.29 is 24.6 Å². The largest absolute Gasteiger partial charge is 0.480 e. The molecular weight excluding hydrogens is 376 g/mol. The summed E-state index contributed by atoms with van der Waals surface area (Å²) in [5, 5.41) is 24.0. The van der Waals surface area contributed by atoms with Crippen LogP contribution in [-0.2, 0) is 20.8 Å². The summed E-state index contributed by atoms with van der Waals surface area (Å²) < 4.78 is 0. The Balaban J connectivity index is 2.23. The molecule has 9 heteroatoms. The average Bonchev–Trinajstić information content (AvgIpc) is 3.07. The number of carboxylic acids is 1. The number of hydrogen-bond acceptors (Lipinski definition) is 5. The predicted octanol–water partition coefficient (Wildman–Crippen LogP) is 0.130. The van der Waals surface area contributed by atoms with Gasteiger partial charge in [-0.15, -0.1) is 0 Å². The Morgan fingerprint density at radius 3 is 2.38 bits per heavy atom. The summed E-state index contributed by atoms with van der Waals surface area (Å²) in [6, 6.07) is 4.20. The monoisotopic (exact) mass is 404 g/mol. The molecule has 0 saturated carbocycles. The highest BCUT2D eigenvalue weighted by Crippen LogP contribution is 2.19. The quantitative estimate of drug-likeness (QED) is 0.330. The van der Waals surface area contributed by atoms with E-state index in [0.717, 1.165) is 16.5 Å². The lowest BCUT2D eigenvalue weighted by molar-refractivity contribution is -0.143. The number of aliphatic hydroxyl groups excluding tert-OH is 1. The normalized spacial score (nSPS) is 14.4. The van der Waals surface area contributed by atoms with E-state index in [1.165, 1.54) is 0 Å². The van der Waals surface area contributed by atoms with Crippen LogP contribution in [0.5, 0.6) is 0 Å². The number of carbonyl (C=O) groups excluding carboxylic acids is 2. The van der Waals surface area contributed by atoms with Crippen LogP contribution in [0, 0.1) is 5.92 Å². The van der Waals surface area contributed by atoms with Gasteiger partial charge < -0.3 is 31.6 Å². The molecule has 2 amide bonds. The van der Waals surface area contributed by atoms with Crippen LogP contribution in [0.4, 0.5) is 0 Å². The number of fused-ring (bicyclic) bond motifs is 1. The van der Waals surface area contributed by atoms with Crippen molar-refractivity contribution in [3.63, 3.8) is 0 Å². The van der Waals surface area contributed by atoms with Crippen LogP contribution >= 0.6 is 0 Å². The molecule has 1 aromatic heterocycles. The summed E-state index contributed by atoms with van der Waals surface area (Å²) in [5.74, 6) is -2.37. The summed E-state index contributed by atoms with van der Waals surface area (Å²) in [4.78, 5) is 39.4. The molecule has 9 nitrogen and oxygen atoms in total. The third kappa shape index (κ3) is 6.03. The van der Waals surface area contributed by atoms with Gasteiger partial charge in [-0.2, -0.15) is 0 Å². The maximum Gasteiger partial charge on any atom is 0.328 e. The minimum Gasteiger partial charge on any atom is -0.480 e. The topological polar surface area (TPSA) is 158 Å². The van der Waals surface area contributed by atoms with E-state index in [-0.39, 0.29) is 12.3 Å². The second-order valence-corrected chi connectivity index (χ2v) is 7.44. The Morgan fingerprint density at radius 2 is 1.76 bits per heavy atom. The predicted molar refractivity (Wildman–Crippen MR) is 108 cm³/mol. The Morgan fingerprint density at radius 1 is 1.10 bits per heavy atom. The lowest BCUT2D eigenvalue weighted by Gasteiger charge is -2.23. The maximum absolute atomic E-state index is 12.7. The molecular formula is C20H28N4O5. The van der Waals surface area contributed by atoms with Gasteiger partial charge in [0.15, 0.2) is 0 Å². The van der Waals surface area contributed by atoms with Gasteiger partial charge in [0.25, 0.3) is 0 Å². The van der Waals surface area contributed by atoms with Crippen LogP contribution in [0.25, 0.3) is 10.9 Å². The Kier molecular flexibility index (Phi) is 7.74. The summed E-state index contributed by atoms with van der Waals surface area (Å²) >= 11 is 0. The minimum absolute atomic E-state index is 0.133. The molecule has 0 aliphatic rings. The van der Waals surface area contributed by atoms with E-state index < -0.39 is 42.5 Å². The number of hydrogen-bond donors (Lipinski definition) is 6. The van der Waals surface area contributed by atoms with Crippen molar-refractivity contribution in [1.82, 2.24) is 15.6 Å². The fourth-order valence-electron chi connectivity index (χ4n) is 3.08. The molecule has 0 radical (unpaired) electrons. The zero-order chi connectivity index (χ0) is 21.6. The number of aromatic nitrogens is 1. The van der Waals surface area contributed by atoms with Crippen LogP contribution in [0.3, 0.4) is 0 Å². The van der Waals surface area contributed by atoms with Gasteiger partial charge in [-0.3, -0.25) is 9.59 Å². The minimum atomic E-state index is -1.46. The standard InChI is InChI=1S/C20H28N4O5/c1-11(2)7-14(21)18(26)23-16(19(27)24-17(10-25)20(28)29)8-12-9-22-15-6-4-3-5-13(12)15/h3-6,9,11,14,16-17,22,25H,7-8,10,21H2,1-2H3,(H,23,26)(H,24,27)(H,28,29). The second kappa shape index (κ2) is 10.0. The Hall–Kier alpha value is -2.91. The van der Waals surface area contributed by atoms with Crippen LogP contribution in [-0.4, -0.2) is 57.7 Å². The number of nitrogens with two attached hydrogens (primary N) is 1. The van der Waals surface area contributed by atoms with E-state index in [2.05, 4.69) is 15.6 Å². The molecule has 0 saturated heterocycles. The Bertz CT molecular complexity index is 863. The molecule has 0 aliphatic carbocycles.